The molecule has 1 aromatic rings. The van der Waals surface area contributed by atoms with Crippen molar-refractivity contribution >= 4 is 0 Å². The molecule has 2 atom stereocenters. The SMILES string of the molecule is CCOc1ccc(OCC2CNCC(C)O2)cc1. The zero-order valence-electron chi connectivity index (χ0n) is 11.0. The van der Waals surface area contributed by atoms with E-state index in [0.29, 0.717) is 13.2 Å². The number of hydrogen-bond donors (Lipinski definition) is 1. The van der Waals surface area contributed by atoms with Gasteiger partial charge in [-0.15, -0.1) is 0 Å². The summed E-state index contributed by atoms with van der Waals surface area (Å²) < 4.78 is 16.8. The molecule has 1 N–H and O–H groups in total. The van der Waals surface area contributed by atoms with E-state index in [2.05, 4.69) is 12.2 Å². The van der Waals surface area contributed by atoms with Crippen molar-refractivity contribution in [3.05, 3.63) is 24.3 Å². The Morgan fingerprint density at radius 3 is 2.44 bits per heavy atom. The zero-order valence-corrected chi connectivity index (χ0v) is 11.0. The molecule has 0 aromatic heterocycles. The number of nitrogens with one attached hydrogen (secondary N) is 1. The Bertz CT molecular complexity index is 353. The zero-order chi connectivity index (χ0) is 12.8. The van der Waals surface area contributed by atoms with Gasteiger partial charge in [-0.2, -0.15) is 0 Å². The van der Waals surface area contributed by atoms with Crippen molar-refractivity contribution in [3.8, 4) is 11.5 Å². The van der Waals surface area contributed by atoms with Crippen molar-refractivity contribution in [3.63, 3.8) is 0 Å². The minimum Gasteiger partial charge on any atom is -0.494 e. The second kappa shape index (κ2) is 6.61. The molecule has 0 aliphatic carbocycles. The molecule has 0 amide bonds. The number of benzene rings is 1. The number of rotatable bonds is 5. The Kier molecular flexibility index (Phi) is 4.84. The highest BCUT2D eigenvalue weighted by Crippen LogP contribution is 2.18. The Morgan fingerprint density at radius 1 is 1.17 bits per heavy atom. The summed E-state index contributed by atoms with van der Waals surface area (Å²) in [6.07, 6.45) is 0.382. The van der Waals surface area contributed by atoms with Crippen LogP contribution in [0.3, 0.4) is 0 Å². The smallest absolute Gasteiger partial charge is 0.119 e. The molecule has 1 heterocycles. The summed E-state index contributed by atoms with van der Waals surface area (Å²) in [4.78, 5) is 0. The molecule has 2 rings (SSSR count). The molecule has 0 saturated carbocycles. The van der Waals surface area contributed by atoms with Crippen molar-refractivity contribution in [2.45, 2.75) is 26.1 Å². The van der Waals surface area contributed by atoms with Crippen molar-refractivity contribution in [2.75, 3.05) is 26.3 Å². The molecular weight excluding hydrogens is 230 g/mol. The summed E-state index contributed by atoms with van der Waals surface area (Å²) >= 11 is 0. The third-order valence-electron chi connectivity index (χ3n) is 2.80. The van der Waals surface area contributed by atoms with Gasteiger partial charge >= 0.3 is 0 Å². The highest BCUT2D eigenvalue weighted by atomic mass is 16.5. The third kappa shape index (κ3) is 3.89. The van der Waals surface area contributed by atoms with Gasteiger partial charge in [0.2, 0.25) is 0 Å². The lowest BCUT2D eigenvalue weighted by atomic mass is 10.2. The largest absolute Gasteiger partial charge is 0.494 e. The first-order chi connectivity index (χ1) is 8.78. The van der Waals surface area contributed by atoms with Crippen molar-refractivity contribution in [1.29, 1.82) is 0 Å². The molecule has 0 radical (unpaired) electrons. The van der Waals surface area contributed by atoms with Gasteiger partial charge in [0.15, 0.2) is 0 Å². The second-order valence-corrected chi connectivity index (χ2v) is 4.44. The van der Waals surface area contributed by atoms with Crippen LogP contribution >= 0.6 is 0 Å². The maximum Gasteiger partial charge on any atom is 0.119 e. The Morgan fingerprint density at radius 2 is 1.83 bits per heavy atom. The quantitative estimate of drug-likeness (QED) is 0.867. The van der Waals surface area contributed by atoms with E-state index in [1.165, 1.54) is 0 Å². The highest BCUT2D eigenvalue weighted by Gasteiger charge is 2.18. The van der Waals surface area contributed by atoms with Crippen LogP contribution in [-0.4, -0.2) is 38.5 Å². The highest BCUT2D eigenvalue weighted by molar-refractivity contribution is 5.31. The maximum atomic E-state index is 5.76. The molecule has 100 valence electrons. The van der Waals surface area contributed by atoms with Crippen LogP contribution in [-0.2, 0) is 4.74 Å². The number of ether oxygens (including phenoxy) is 3. The van der Waals surface area contributed by atoms with Crippen LogP contribution in [0.4, 0.5) is 0 Å². The maximum absolute atomic E-state index is 5.76. The molecule has 1 aromatic carbocycles. The molecule has 1 saturated heterocycles. The van der Waals surface area contributed by atoms with Crippen molar-refractivity contribution < 1.29 is 14.2 Å². The molecule has 1 aliphatic heterocycles. The topological polar surface area (TPSA) is 39.7 Å². The van der Waals surface area contributed by atoms with Crippen LogP contribution in [0.15, 0.2) is 24.3 Å². The fourth-order valence-corrected chi connectivity index (χ4v) is 1.96. The van der Waals surface area contributed by atoms with E-state index in [0.717, 1.165) is 24.6 Å². The third-order valence-corrected chi connectivity index (χ3v) is 2.80. The van der Waals surface area contributed by atoms with Gasteiger partial charge in [-0.25, -0.2) is 0 Å². The van der Waals surface area contributed by atoms with Crippen LogP contribution < -0.4 is 14.8 Å². The van der Waals surface area contributed by atoms with Crippen LogP contribution in [0.2, 0.25) is 0 Å². The van der Waals surface area contributed by atoms with E-state index in [1.54, 1.807) is 0 Å². The van der Waals surface area contributed by atoms with E-state index in [9.17, 15) is 0 Å². The molecule has 0 spiro atoms. The molecule has 4 heteroatoms. The first-order valence-corrected chi connectivity index (χ1v) is 6.49. The van der Waals surface area contributed by atoms with Gasteiger partial charge in [-0.05, 0) is 38.1 Å². The summed E-state index contributed by atoms with van der Waals surface area (Å²) in [6, 6.07) is 7.68. The van der Waals surface area contributed by atoms with E-state index < -0.39 is 0 Å². The first-order valence-electron chi connectivity index (χ1n) is 6.49. The molecule has 1 fully saturated rings. The summed E-state index contributed by atoms with van der Waals surface area (Å²) in [7, 11) is 0. The Balaban J connectivity index is 1.78. The predicted octanol–water partition coefficient (Wildman–Crippen LogP) is 1.84. The molecule has 4 nitrogen and oxygen atoms in total. The first kappa shape index (κ1) is 13.2. The fourth-order valence-electron chi connectivity index (χ4n) is 1.96. The minimum atomic E-state index is 0.125. The fraction of sp³-hybridized carbons (Fsp3) is 0.571. The minimum absolute atomic E-state index is 0.125. The van der Waals surface area contributed by atoms with Gasteiger partial charge in [0.05, 0.1) is 12.7 Å². The van der Waals surface area contributed by atoms with Crippen LogP contribution in [0.1, 0.15) is 13.8 Å². The molecular formula is C14H21NO3. The van der Waals surface area contributed by atoms with E-state index in [-0.39, 0.29) is 12.2 Å². The Labute approximate surface area is 108 Å². The Hall–Kier alpha value is -1.26. The summed E-state index contributed by atoms with van der Waals surface area (Å²) in [6.45, 7) is 7.06. The average Bonchev–Trinajstić information content (AvgIpc) is 2.38. The van der Waals surface area contributed by atoms with Gasteiger partial charge in [0, 0.05) is 13.1 Å². The normalized spacial score (nSPS) is 23.7. The van der Waals surface area contributed by atoms with Crippen LogP contribution in [0.5, 0.6) is 11.5 Å². The molecule has 2 unspecified atom stereocenters. The van der Waals surface area contributed by atoms with Gasteiger partial charge < -0.3 is 19.5 Å². The van der Waals surface area contributed by atoms with Crippen molar-refractivity contribution in [1.82, 2.24) is 5.32 Å². The number of hydrogen-bond acceptors (Lipinski definition) is 4. The lowest BCUT2D eigenvalue weighted by Crippen LogP contribution is -2.45. The summed E-state index contributed by atoms with van der Waals surface area (Å²) in [5.74, 6) is 1.72. The lowest BCUT2D eigenvalue weighted by Gasteiger charge is -2.28. The van der Waals surface area contributed by atoms with Gasteiger partial charge in [-0.1, -0.05) is 0 Å². The molecule has 0 bridgehead atoms. The van der Waals surface area contributed by atoms with Crippen LogP contribution in [0.25, 0.3) is 0 Å². The molecule has 18 heavy (non-hydrogen) atoms. The molecule has 1 aliphatic rings. The average molecular weight is 251 g/mol. The van der Waals surface area contributed by atoms with Gasteiger partial charge in [-0.3, -0.25) is 0 Å². The van der Waals surface area contributed by atoms with E-state index in [1.807, 2.05) is 31.2 Å². The van der Waals surface area contributed by atoms with Crippen LogP contribution in [0, 0.1) is 0 Å². The van der Waals surface area contributed by atoms with Gasteiger partial charge in [0.25, 0.3) is 0 Å². The van der Waals surface area contributed by atoms with E-state index in [4.69, 9.17) is 14.2 Å². The van der Waals surface area contributed by atoms with Crippen molar-refractivity contribution in [2.24, 2.45) is 0 Å². The second-order valence-electron chi connectivity index (χ2n) is 4.44. The lowest BCUT2D eigenvalue weighted by molar-refractivity contribution is -0.0470. The summed E-state index contributed by atoms with van der Waals surface area (Å²) in [5, 5.41) is 3.32. The van der Waals surface area contributed by atoms with Gasteiger partial charge in [0.1, 0.15) is 24.2 Å². The summed E-state index contributed by atoms with van der Waals surface area (Å²) in [5.41, 5.74) is 0. The predicted molar refractivity (Wildman–Crippen MR) is 70.3 cm³/mol. The number of morpholine rings is 1. The van der Waals surface area contributed by atoms with E-state index >= 15 is 0 Å². The monoisotopic (exact) mass is 251 g/mol. The standard InChI is InChI=1S/C14H21NO3/c1-3-16-12-4-6-13(7-5-12)17-10-14-9-15-8-11(2)18-14/h4-7,11,14-15H,3,8-10H2,1-2H3.